The van der Waals surface area contributed by atoms with E-state index in [9.17, 15) is 4.79 Å². The minimum absolute atomic E-state index is 0.138. The monoisotopic (exact) mass is 325 g/mol. The van der Waals surface area contributed by atoms with E-state index >= 15 is 0 Å². The van der Waals surface area contributed by atoms with Gasteiger partial charge in [0.25, 0.3) is 0 Å². The van der Waals surface area contributed by atoms with Crippen LogP contribution in [0, 0.1) is 5.92 Å². The Morgan fingerprint density at radius 2 is 1.87 bits per heavy atom. The van der Waals surface area contributed by atoms with Crippen LogP contribution < -0.4 is 5.32 Å². The summed E-state index contributed by atoms with van der Waals surface area (Å²) < 4.78 is 11.2. The first kappa shape index (κ1) is 17.1. The van der Waals surface area contributed by atoms with Crippen LogP contribution in [0.1, 0.15) is 26.7 Å². The minimum atomic E-state index is -0.138. The van der Waals surface area contributed by atoms with Crippen LogP contribution in [0.4, 0.5) is 0 Å². The summed E-state index contributed by atoms with van der Waals surface area (Å²) in [6.45, 7) is 11.3. The third kappa shape index (κ3) is 4.66. The van der Waals surface area contributed by atoms with Gasteiger partial charge in [-0.2, -0.15) is 0 Å². The van der Waals surface area contributed by atoms with E-state index in [0.717, 1.165) is 52.1 Å². The van der Waals surface area contributed by atoms with Crippen molar-refractivity contribution in [1.29, 1.82) is 0 Å². The highest BCUT2D eigenvalue weighted by Gasteiger charge is 2.31. The zero-order chi connectivity index (χ0) is 16.2. The predicted octanol–water partition coefficient (Wildman–Crippen LogP) is 0.323. The lowest BCUT2D eigenvalue weighted by Gasteiger charge is -2.40. The number of carbonyl (C=O) groups is 1. The Morgan fingerprint density at radius 1 is 1.17 bits per heavy atom. The van der Waals surface area contributed by atoms with Crippen LogP contribution in [0.15, 0.2) is 0 Å². The van der Waals surface area contributed by atoms with Crippen LogP contribution in [0.3, 0.4) is 0 Å². The van der Waals surface area contributed by atoms with Crippen LogP contribution in [0.2, 0.25) is 0 Å². The van der Waals surface area contributed by atoms with Gasteiger partial charge in [-0.05, 0) is 32.6 Å². The lowest BCUT2D eigenvalue weighted by atomic mass is 9.95. The predicted molar refractivity (Wildman–Crippen MR) is 88.4 cm³/mol. The fraction of sp³-hybridized carbons (Fsp3) is 0.941. The van der Waals surface area contributed by atoms with Crippen molar-refractivity contribution in [1.82, 2.24) is 15.1 Å². The zero-order valence-corrected chi connectivity index (χ0v) is 14.5. The number of amides is 1. The normalized spacial score (nSPS) is 34.5. The average Bonchev–Trinajstić information content (AvgIpc) is 2.55. The molecule has 3 fully saturated rings. The van der Waals surface area contributed by atoms with Gasteiger partial charge in [-0.1, -0.05) is 0 Å². The molecular formula is C17H31N3O3. The van der Waals surface area contributed by atoms with Crippen LogP contribution in [0.25, 0.3) is 0 Å². The number of morpholine rings is 2. The maximum Gasteiger partial charge on any atom is 0.242 e. The molecule has 3 heterocycles. The Labute approximate surface area is 139 Å². The second kappa shape index (κ2) is 7.92. The summed E-state index contributed by atoms with van der Waals surface area (Å²) in [5.41, 5.74) is 0. The number of nitrogens with zero attached hydrogens (tertiary/aromatic N) is 2. The molecule has 0 aromatic rings. The van der Waals surface area contributed by atoms with E-state index in [2.05, 4.69) is 24.1 Å². The van der Waals surface area contributed by atoms with Gasteiger partial charge in [-0.3, -0.25) is 9.69 Å². The van der Waals surface area contributed by atoms with Gasteiger partial charge in [-0.25, -0.2) is 0 Å². The molecule has 0 aliphatic carbocycles. The molecule has 6 nitrogen and oxygen atoms in total. The van der Waals surface area contributed by atoms with Crippen LogP contribution in [-0.2, 0) is 14.3 Å². The van der Waals surface area contributed by atoms with Crippen molar-refractivity contribution in [3.63, 3.8) is 0 Å². The summed E-state index contributed by atoms with van der Waals surface area (Å²) in [7, 11) is 0. The number of ether oxygens (including phenoxy) is 2. The summed E-state index contributed by atoms with van der Waals surface area (Å²) in [5, 5.41) is 3.26. The second-order valence-corrected chi connectivity index (χ2v) is 7.33. The number of piperidine rings is 1. The molecule has 3 atom stereocenters. The number of rotatable bonds is 3. The standard InChI is InChI=1S/C17H31N3O3/c1-13-9-19(10-14(2)23-13)11-15-3-6-20(7-4-15)17(21)16-12-22-8-5-18-16/h13-16,18H,3-12H2,1-2H3. The smallest absolute Gasteiger partial charge is 0.242 e. The van der Waals surface area contributed by atoms with E-state index in [1.165, 1.54) is 0 Å². The Balaban J connectivity index is 1.42. The van der Waals surface area contributed by atoms with Crippen LogP contribution in [-0.4, -0.2) is 86.4 Å². The molecule has 0 radical (unpaired) electrons. The summed E-state index contributed by atoms with van der Waals surface area (Å²) in [6.07, 6.45) is 2.88. The molecule has 1 amide bonds. The second-order valence-electron chi connectivity index (χ2n) is 7.33. The lowest BCUT2D eigenvalue weighted by Crippen LogP contribution is -2.54. The van der Waals surface area contributed by atoms with E-state index in [-0.39, 0.29) is 11.9 Å². The van der Waals surface area contributed by atoms with Crippen LogP contribution in [0.5, 0.6) is 0 Å². The Bertz CT molecular complexity index is 383. The highest BCUT2D eigenvalue weighted by atomic mass is 16.5. The molecule has 3 saturated heterocycles. The molecule has 3 unspecified atom stereocenters. The third-order valence-corrected chi connectivity index (χ3v) is 5.16. The fourth-order valence-corrected chi connectivity index (χ4v) is 4.08. The van der Waals surface area contributed by atoms with E-state index in [4.69, 9.17) is 9.47 Å². The first-order valence-corrected chi connectivity index (χ1v) is 9.09. The maximum atomic E-state index is 12.5. The van der Waals surface area contributed by atoms with Gasteiger partial charge in [0, 0.05) is 39.3 Å². The topological polar surface area (TPSA) is 54.0 Å². The number of nitrogens with one attached hydrogen (secondary N) is 1. The highest BCUT2D eigenvalue weighted by molar-refractivity contribution is 5.82. The van der Waals surface area contributed by atoms with Crippen molar-refractivity contribution in [2.75, 3.05) is 52.5 Å². The Hall–Kier alpha value is -0.690. The summed E-state index contributed by atoms with van der Waals surface area (Å²) >= 11 is 0. The molecule has 132 valence electrons. The molecular weight excluding hydrogens is 294 g/mol. The van der Waals surface area contributed by atoms with Crippen molar-refractivity contribution in [2.45, 2.75) is 44.9 Å². The highest BCUT2D eigenvalue weighted by Crippen LogP contribution is 2.21. The van der Waals surface area contributed by atoms with E-state index < -0.39 is 0 Å². The van der Waals surface area contributed by atoms with Gasteiger partial charge in [0.1, 0.15) is 6.04 Å². The molecule has 1 N–H and O–H groups in total. The summed E-state index contributed by atoms with van der Waals surface area (Å²) in [4.78, 5) is 17.1. The molecule has 0 saturated carbocycles. The first-order valence-electron chi connectivity index (χ1n) is 9.09. The van der Waals surface area contributed by atoms with Gasteiger partial charge in [0.05, 0.1) is 25.4 Å². The van der Waals surface area contributed by atoms with Crippen molar-refractivity contribution >= 4 is 5.91 Å². The zero-order valence-electron chi connectivity index (χ0n) is 14.5. The summed E-state index contributed by atoms with van der Waals surface area (Å²) in [6, 6.07) is -0.138. The maximum absolute atomic E-state index is 12.5. The molecule has 0 bridgehead atoms. The number of likely N-dealkylation sites (tertiary alicyclic amines) is 1. The van der Waals surface area contributed by atoms with Crippen molar-refractivity contribution in [3.05, 3.63) is 0 Å². The molecule has 3 aliphatic heterocycles. The van der Waals surface area contributed by atoms with Crippen LogP contribution >= 0.6 is 0 Å². The third-order valence-electron chi connectivity index (χ3n) is 5.16. The van der Waals surface area contributed by atoms with E-state index in [1.54, 1.807) is 0 Å². The van der Waals surface area contributed by atoms with Gasteiger partial charge in [0.15, 0.2) is 0 Å². The largest absolute Gasteiger partial charge is 0.378 e. The molecule has 3 rings (SSSR count). The van der Waals surface area contributed by atoms with E-state index in [1.807, 2.05) is 4.90 Å². The molecule has 0 aromatic carbocycles. The molecule has 23 heavy (non-hydrogen) atoms. The van der Waals surface area contributed by atoms with Crippen molar-refractivity contribution in [2.24, 2.45) is 5.92 Å². The van der Waals surface area contributed by atoms with Crippen molar-refractivity contribution in [3.8, 4) is 0 Å². The Kier molecular flexibility index (Phi) is 5.91. The quantitative estimate of drug-likeness (QED) is 0.810. The number of hydrogen-bond acceptors (Lipinski definition) is 5. The minimum Gasteiger partial charge on any atom is -0.378 e. The molecule has 0 spiro atoms. The number of hydrogen-bond donors (Lipinski definition) is 1. The summed E-state index contributed by atoms with van der Waals surface area (Å²) in [5.74, 6) is 0.920. The van der Waals surface area contributed by atoms with Crippen molar-refractivity contribution < 1.29 is 14.3 Å². The van der Waals surface area contributed by atoms with Gasteiger partial charge < -0.3 is 19.7 Å². The van der Waals surface area contributed by atoms with Gasteiger partial charge in [-0.15, -0.1) is 0 Å². The van der Waals surface area contributed by atoms with E-state index in [0.29, 0.717) is 31.3 Å². The van der Waals surface area contributed by atoms with Gasteiger partial charge in [0.2, 0.25) is 5.91 Å². The van der Waals surface area contributed by atoms with Gasteiger partial charge >= 0.3 is 0 Å². The molecule has 3 aliphatic rings. The Morgan fingerprint density at radius 3 is 2.48 bits per heavy atom. The molecule has 6 heteroatoms. The number of carbonyl (C=O) groups excluding carboxylic acids is 1. The lowest BCUT2D eigenvalue weighted by molar-refractivity contribution is -0.138. The average molecular weight is 325 g/mol. The SMILES string of the molecule is CC1CN(CC2CCN(C(=O)C3COCCN3)CC2)CC(C)O1. The first-order chi connectivity index (χ1) is 11.1. The fourth-order valence-electron chi connectivity index (χ4n) is 4.08. The molecule has 0 aromatic heterocycles.